The molecule has 1 aromatic carbocycles. The molecule has 1 heterocycles. The smallest absolute Gasteiger partial charge is 0.191 e. The largest absolute Gasteiger partial charge is 0.370 e. The number of halogens is 1. The van der Waals surface area contributed by atoms with Gasteiger partial charge in [0, 0.05) is 18.7 Å². The van der Waals surface area contributed by atoms with E-state index in [1.54, 1.807) is 0 Å². The van der Waals surface area contributed by atoms with Crippen molar-refractivity contribution < 1.29 is 4.39 Å². The molecule has 0 saturated carbocycles. The summed E-state index contributed by atoms with van der Waals surface area (Å²) in [6.07, 6.45) is 2.32. The molecule has 20 heavy (non-hydrogen) atoms. The monoisotopic (exact) mass is 274 g/mol. The first kappa shape index (κ1) is 14.3. The summed E-state index contributed by atoms with van der Waals surface area (Å²) in [5, 5.41) is 8.82. The van der Waals surface area contributed by atoms with E-state index in [0.717, 1.165) is 19.5 Å². The molecule has 0 aliphatic carbocycles. The van der Waals surface area contributed by atoms with Gasteiger partial charge in [-0.15, -0.1) is 0 Å². The summed E-state index contributed by atoms with van der Waals surface area (Å²) < 4.78 is 13.6. The number of nitrogens with two attached hydrogens (primary N) is 1. The highest BCUT2D eigenvalue weighted by molar-refractivity contribution is 5.78. The summed E-state index contributed by atoms with van der Waals surface area (Å²) >= 11 is 0. The zero-order valence-corrected chi connectivity index (χ0v) is 11.6. The Labute approximate surface area is 118 Å². The van der Waals surface area contributed by atoms with Gasteiger partial charge in [-0.1, -0.05) is 6.92 Å². The van der Waals surface area contributed by atoms with Crippen LogP contribution in [0.25, 0.3) is 0 Å². The minimum absolute atomic E-state index is 0.165. The third-order valence-corrected chi connectivity index (χ3v) is 3.57. The SMILES string of the molecule is CC1CCCN(C(N)=NCc2cc(C#N)ccc2F)C1. The molecule has 0 amide bonds. The number of hydrogen-bond donors (Lipinski definition) is 1. The van der Waals surface area contributed by atoms with Crippen LogP contribution >= 0.6 is 0 Å². The predicted octanol–water partition coefficient (Wildman–Crippen LogP) is 2.24. The molecule has 1 aromatic rings. The molecule has 2 rings (SSSR count). The average Bonchev–Trinajstić information content (AvgIpc) is 2.46. The van der Waals surface area contributed by atoms with Crippen molar-refractivity contribution in [3.63, 3.8) is 0 Å². The summed E-state index contributed by atoms with van der Waals surface area (Å²) in [5.41, 5.74) is 6.80. The van der Waals surface area contributed by atoms with Crippen molar-refractivity contribution in [1.29, 1.82) is 5.26 Å². The number of nitriles is 1. The molecule has 0 spiro atoms. The lowest BCUT2D eigenvalue weighted by Crippen LogP contribution is -2.43. The van der Waals surface area contributed by atoms with E-state index in [2.05, 4.69) is 11.9 Å². The van der Waals surface area contributed by atoms with Gasteiger partial charge in [0.1, 0.15) is 5.82 Å². The van der Waals surface area contributed by atoms with E-state index in [1.165, 1.54) is 24.6 Å². The van der Waals surface area contributed by atoms with Gasteiger partial charge in [0.15, 0.2) is 5.96 Å². The molecule has 1 aliphatic heterocycles. The molecular weight excluding hydrogens is 255 g/mol. The van der Waals surface area contributed by atoms with Crippen LogP contribution in [-0.4, -0.2) is 23.9 Å². The number of guanidine groups is 1. The van der Waals surface area contributed by atoms with Crippen molar-refractivity contribution in [3.05, 3.63) is 35.1 Å². The molecule has 4 nitrogen and oxygen atoms in total. The van der Waals surface area contributed by atoms with Gasteiger partial charge in [-0.25, -0.2) is 9.38 Å². The fraction of sp³-hybridized carbons (Fsp3) is 0.467. The highest BCUT2D eigenvalue weighted by atomic mass is 19.1. The minimum atomic E-state index is -0.354. The number of rotatable bonds is 2. The van der Waals surface area contributed by atoms with Crippen molar-refractivity contribution in [2.45, 2.75) is 26.3 Å². The maximum atomic E-state index is 13.6. The Hall–Kier alpha value is -2.09. The Bertz CT molecular complexity index is 547. The summed E-state index contributed by atoms with van der Waals surface area (Å²) in [7, 11) is 0. The van der Waals surface area contributed by atoms with Crippen molar-refractivity contribution >= 4 is 5.96 Å². The Kier molecular flexibility index (Phi) is 4.57. The Morgan fingerprint density at radius 1 is 1.60 bits per heavy atom. The van der Waals surface area contributed by atoms with Gasteiger partial charge >= 0.3 is 0 Å². The van der Waals surface area contributed by atoms with E-state index in [-0.39, 0.29) is 12.4 Å². The summed E-state index contributed by atoms with van der Waals surface area (Å²) in [4.78, 5) is 6.30. The predicted molar refractivity (Wildman–Crippen MR) is 76.4 cm³/mol. The first-order valence-corrected chi connectivity index (χ1v) is 6.83. The molecule has 1 aliphatic rings. The van der Waals surface area contributed by atoms with E-state index in [4.69, 9.17) is 11.0 Å². The van der Waals surface area contributed by atoms with Crippen molar-refractivity contribution in [2.75, 3.05) is 13.1 Å². The summed E-state index contributed by atoms with van der Waals surface area (Å²) in [6.45, 7) is 4.16. The molecule has 1 fully saturated rings. The summed E-state index contributed by atoms with van der Waals surface area (Å²) in [6, 6.07) is 6.26. The normalized spacial score (nSPS) is 19.8. The lowest BCUT2D eigenvalue weighted by atomic mass is 10.0. The Morgan fingerprint density at radius 3 is 3.10 bits per heavy atom. The molecular formula is C15H19FN4. The lowest BCUT2D eigenvalue weighted by Gasteiger charge is -2.31. The fourth-order valence-corrected chi connectivity index (χ4v) is 2.43. The molecule has 1 saturated heterocycles. The third kappa shape index (κ3) is 3.47. The van der Waals surface area contributed by atoms with Gasteiger partial charge in [-0.2, -0.15) is 5.26 Å². The van der Waals surface area contributed by atoms with Crippen LogP contribution in [0.4, 0.5) is 4.39 Å². The van der Waals surface area contributed by atoms with Gasteiger partial charge in [-0.3, -0.25) is 0 Å². The standard InChI is InChI=1S/C15H19FN4/c1-11-3-2-6-20(10-11)15(18)19-9-13-7-12(8-17)4-5-14(13)16/h4-5,7,11H,2-3,6,9-10H2,1H3,(H2,18,19). The highest BCUT2D eigenvalue weighted by Crippen LogP contribution is 2.16. The van der Waals surface area contributed by atoms with Crippen LogP contribution in [0.2, 0.25) is 0 Å². The van der Waals surface area contributed by atoms with Crippen molar-refractivity contribution in [1.82, 2.24) is 4.90 Å². The van der Waals surface area contributed by atoms with Crippen LogP contribution in [0.5, 0.6) is 0 Å². The van der Waals surface area contributed by atoms with Gasteiger partial charge < -0.3 is 10.6 Å². The molecule has 1 unspecified atom stereocenters. The average molecular weight is 274 g/mol. The molecule has 1 atom stereocenters. The van der Waals surface area contributed by atoms with Gasteiger partial charge in [0.05, 0.1) is 18.2 Å². The van der Waals surface area contributed by atoms with Crippen LogP contribution in [0.15, 0.2) is 23.2 Å². The second-order valence-electron chi connectivity index (χ2n) is 5.29. The molecule has 0 radical (unpaired) electrons. The number of piperidine rings is 1. The number of likely N-dealkylation sites (tertiary alicyclic amines) is 1. The van der Waals surface area contributed by atoms with Gasteiger partial charge in [0.2, 0.25) is 0 Å². The van der Waals surface area contributed by atoms with E-state index in [1.807, 2.05) is 11.0 Å². The van der Waals surface area contributed by atoms with Crippen LogP contribution in [0.1, 0.15) is 30.9 Å². The molecule has 5 heteroatoms. The fourth-order valence-electron chi connectivity index (χ4n) is 2.43. The quantitative estimate of drug-likeness (QED) is 0.664. The van der Waals surface area contributed by atoms with Crippen LogP contribution < -0.4 is 5.73 Å². The maximum Gasteiger partial charge on any atom is 0.191 e. The second kappa shape index (κ2) is 6.38. The first-order valence-electron chi connectivity index (χ1n) is 6.83. The van der Waals surface area contributed by atoms with E-state index < -0.39 is 0 Å². The van der Waals surface area contributed by atoms with Crippen molar-refractivity contribution in [2.24, 2.45) is 16.6 Å². The number of hydrogen-bond acceptors (Lipinski definition) is 2. The molecule has 2 N–H and O–H groups in total. The van der Waals surface area contributed by atoms with E-state index in [0.29, 0.717) is 23.0 Å². The van der Waals surface area contributed by atoms with Gasteiger partial charge in [0.25, 0.3) is 0 Å². The first-order chi connectivity index (χ1) is 9.60. The number of aliphatic imine (C=N–C) groups is 1. The lowest BCUT2D eigenvalue weighted by molar-refractivity contribution is 0.270. The minimum Gasteiger partial charge on any atom is -0.370 e. The van der Waals surface area contributed by atoms with Crippen LogP contribution in [-0.2, 0) is 6.54 Å². The van der Waals surface area contributed by atoms with E-state index >= 15 is 0 Å². The highest BCUT2D eigenvalue weighted by Gasteiger charge is 2.17. The number of benzene rings is 1. The third-order valence-electron chi connectivity index (χ3n) is 3.57. The zero-order chi connectivity index (χ0) is 14.5. The van der Waals surface area contributed by atoms with Gasteiger partial charge in [-0.05, 0) is 37.0 Å². The molecule has 0 bridgehead atoms. The molecule has 0 aromatic heterocycles. The second-order valence-corrected chi connectivity index (χ2v) is 5.29. The zero-order valence-electron chi connectivity index (χ0n) is 11.6. The Morgan fingerprint density at radius 2 is 2.40 bits per heavy atom. The maximum absolute atomic E-state index is 13.6. The van der Waals surface area contributed by atoms with Crippen LogP contribution in [0.3, 0.4) is 0 Å². The van der Waals surface area contributed by atoms with Crippen molar-refractivity contribution in [3.8, 4) is 6.07 Å². The van der Waals surface area contributed by atoms with E-state index in [9.17, 15) is 4.39 Å². The number of nitrogens with zero attached hydrogens (tertiary/aromatic N) is 3. The molecule has 106 valence electrons. The topological polar surface area (TPSA) is 65.4 Å². The summed E-state index contributed by atoms with van der Waals surface area (Å²) in [5.74, 6) is 0.710. The Balaban J connectivity index is 2.06. The van der Waals surface area contributed by atoms with Crippen LogP contribution in [0, 0.1) is 23.1 Å².